The molecule has 1 aromatic carbocycles. The van der Waals surface area contributed by atoms with Crippen molar-refractivity contribution in [2.45, 2.75) is 12.5 Å². The molecule has 17 heavy (non-hydrogen) atoms. The Labute approximate surface area is 98.6 Å². The second-order valence-electron chi connectivity index (χ2n) is 3.97. The molecule has 0 saturated carbocycles. The largest absolute Gasteiger partial charge is 0.480 e. The number of carboxylic acids is 1. The van der Waals surface area contributed by atoms with E-state index >= 15 is 0 Å². The van der Waals surface area contributed by atoms with E-state index in [1.165, 1.54) is 4.90 Å². The van der Waals surface area contributed by atoms with Gasteiger partial charge in [0, 0.05) is 6.42 Å². The number of rotatable bonds is 4. The lowest BCUT2D eigenvalue weighted by Crippen LogP contribution is -2.31. The lowest BCUT2D eigenvalue weighted by molar-refractivity contribution is -0.137. The minimum absolute atomic E-state index is 0.260. The summed E-state index contributed by atoms with van der Waals surface area (Å²) in [5, 5.41) is 8.62. The van der Waals surface area contributed by atoms with Crippen LogP contribution in [0.15, 0.2) is 30.3 Å². The highest BCUT2D eigenvalue weighted by Crippen LogP contribution is 2.15. The highest BCUT2D eigenvalue weighted by atomic mass is 16.6. The van der Waals surface area contributed by atoms with E-state index in [0.29, 0.717) is 13.0 Å². The van der Waals surface area contributed by atoms with Crippen LogP contribution in [-0.4, -0.2) is 41.3 Å². The van der Waals surface area contributed by atoms with Gasteiger partial charge in [-0.1, -0.05) is 30.3 Å². The number of carbonyl (C=O) groups excluding carboxylic acids is 1. The number of hydrogen-bond donors (Lipinski definition) is 1. The topological polar surface area (TPSA) is 66.8 Å². The van der Waals surface area contributed by atoms with Gasteiger partial charge in [-0.3, -0.25) is 9.69 Å². The quantitative estimate of drug-likeness (QED) is 0.849. The van der Waals surface area contributed by atoms with E-state index in [1.807, 2.05) is 30.3 Å². The van der Waals surface area contributed by atoms with Gasteiger partial charge in [-0.25, -0.2) is 4.79 Å². The maximum absolute atomic E-state index is 11.4. The van der Waals surface area contributed by atoms with E-state index in [2.05, 4.69) is 0 Å². The van der Waals surface area contributed by atoms with Crippen LogP contribution in [0.5, 0.6) is 0 Å². The number of nitrogens with zero attached hydrogens (tertiary/aromatic N) is 1. The fraction of sp³-hybridized carbons (Fsp3) is 0.333. The van der Waals surface area contributed by atoms with Crippen molar-refractivity contribution in [3.63, 3.8) is 0 Å². The van der Waals surface area contributed by atoms with E-state index in [1.54, 1.807) is 0 Å². The predicted molar refractivity (Wildman–Crippen MR) is 59.6 cm³/mol. The maximum atomic E-state index is 11.4. The summed E-state index contributed by atoms with van der Waals surface area (Å²) in [4.78, 5) is 23.1. The average molecular weight is 235 g/mol. The summed E-state index contributed by atoms with van der Waals surface area (Å²) >= 11 is 0. The van der Waals surface area contributed by atoms with Crippen molar-refractivity contribution in [1.29, 1.82) is 0 Å². The monoisotopic (exact) mass is 235 g/mol. The van der Waals surface area contributed by atoms with Gasteiger partial charge in [0.1, 0.15) is 12.6 Å². The Morgan fingerprint density at radius 1 is 1.41 bits per heavy atom. The second kappa shape index (κ2) is 4.86. The fourth-order valence-corrected chi connectivity index (χ4v) is 1.85. The van der Waals surface area contributed by atoms with E-state index in [-0.39, 0.29) is 12.6 Å². The van der Waals surface area contributed by atoms with Crippen LogP contribution in [0.1, 0.15) is 5.56 Å². The third kappa shape index (κ3) is 2.96. The zero-order valence-corrected chi connectivity index (χ0v) is 9.20. The lowest BCUT2D eigenvalue weighted by Gasteiger charge is -2.09. The van der Waals surface area contributed by atoms with Crippen LogP contribution in [0.25, 0.3) is 0 Å². The van der Waals surface area contributed by atoms with Crippen molar-refractivity contribution in [2.24, 2.45) is 0 Å². The number of benzene rings is 1. The molecule has 1 saturated heterocycles. The number of carbonyl (C=O) groups is 2. The summed E-state index contributed by atoms with van der Waals surface area (Å²) in [6.45, 7) is 0.0319. The smallest absolute Gasteiger partial charge is 0.410 e. The minimum Gasteiger partial charge on any atom is -0.480 e. The SMILES string of the molecule is O=C(O)CN1CC(Cc2ccccc2)OC1=O. The zero-order chi connectivity index (χ0) is 12.3. The number of ether oxygens (including phenoxy) is 1. The Morgan fingerprint density at radius 2 is 2.12 bits per heavy atom. The molecule has 2 rings (SSSR count). The zero-order valence-electron chi connectivity index (χ0n) is 9.20. The van der Waals surface area contributed by atoms with E-state index in [0.717, 1.165) is 5.56 Å². The summed E-state index contributed by atoms with van der Waals surface area (Å²) in [6, 6.07) is 9.66. The Hall–Kier alpha value is -2.04. The van der Waals surface area contributed by atoms with Crippen molar-refractivity contribution >= 4 is 12.1 Å². The van der Waals surface area contributed by atoms with Crippen LogP contribution in [0.4, 0.5) is 4.79 Å². The molecule has 1 atom stereocenters. The van der Waals surface area contributed by atoms with Gasteiger partial charge in [-0.2, -0.15) is 0 Å². The average Bonchev–Trinajstić information content (AvgIpc) is 2.59. The molecule has 90 valence electrons. The molecule has 0 aliphatic carbocycles. The number of cyclic esters (lactones) is 1. The number of aliphatic carboxylic acids is 1. The summed E-state index contributed by atoms with van der Waals surface area (Å²) in [7, 11) is 0. The fourth-order valence-electron chi connectivity index (χ4n) is 1.85. The Balaban J connectivity index is 1.93. The summed E-state index contributed by atoms with van der Waals surface area (Å²) in [5.74, 6) is -1.03. The Kier molecular flexibility index (Phi) is 3.27. The molecule has 1 unspecified atom stereocenters. The molecule has 0 bridgehead atoms. The highest BCUT2D eigenvalue weighted by molar-refractivity contribution is 5.77. The molecule has 1 aliphatic heterocycles. The normalized spacial score (nSPS) is 19.2. The van der Waals surface area contributed by atoms with E-state index in [4.69, 9.17) is 9.84 Å². The molecule has 1 heterocycles. The van der Waals surface area contributed by atoms with Gasteiger partial charge in [0.05, 0.1) is 6.54 Å². The molecular formula is C12H13NO4. The number of amides is 1. The minimum atomic E-state index is -1.03. The molecule has 0 radical (unpaired) electrons. The standard InChI is InChI=1S/C12H13NO4/c14-11(15)8-13-7-10(17-12(13)16)6-9-4-2-1-3-5-9/h1-5,10H,6-8H2,(H,14,15). The van der Waals surface area contributed by atoms with E-state index < -0.39 is 12.1 Å². The van der Waals surface area contributed by atoms with Gasteiger partial charge in [0.15, 0.2) is 0 Å². The van der Waals surface area contributed by atoms with Gasteiger partial charge < -0.3 is 9.84 Å². The third-order valence-corrected chi connectivity index (χ3v) is 2.58. The first-order chi connectivity index (χ1) is 8.15. The molecule has 0 spiro atoms. The van der Waals surface area contributed by atoms with Gasteiger partial charge in [-0.15, -0.1) is 0 Å². The van der Waals surface area contributed by atoms with Crippen molar-refractivity contribution in [3.05, 3.63) is 35.9 Å². The van der Waals surface area contributed by atoms with Crippen LogP contribution >= 0.6 is 0 Å². The molecule has 5 nitrogen and oxygen atoms in total. The first-order valence-corrected chi connectivity index (χ1v) is 5.36. The third-order valence-electron chi connectivity index (χ3n) is 2.58. The van der Waals surface area contributed by atoms with Crippen LogP contribution < -0.4 is 0 Å². The molecule has 1 fully saturated rings. The summed E-state index contributed by atoms with van der Waals surface area (Å²) in [5.41, 5.74) is 1.07. The van der Waals surface area contributed by atoms with Crippen molar-refractivity contribution in [2.75, 3.05) is 13.1 Å². The maximum Gasteiger partial charge on any atom is 0.410 e. The molecule has 1 amide bonds. The van der Waals surface area contributed by atoms with Crippen LogP contribution in [-0.2, 0) is 16.0 Å². The van der Waals surface area contributed by atoms with Crippen molar-refractivity contribution < 1.29 is 19.4 Å². The molecular weight excluding hydrogens is 222 g/mol. The van der Waals surface area contributed by atoms with Gasteiger partial charge in [-0.05, 0) is 5.56 Å². The highest BCUT2D eigenvalue weighted by Gasteiger charge is 2.32. The summed E-state index contributed by atoms with van der Waals surface area (Å²) < 4.78 is 5.10. The van der Waals surface area contributed by atoms with E-state index in [9.17, 15) is 9.59 Å². The van der Waals surface area contributed by atoms with Crippen LogP contribution in [0.2, 0.25) is 0 Å². The predicted octanol–water partition coefficient (Wildman–Crippen LogP) is 1.13. The van der Waals surface area contributed by atoms with Gasteiger partial charge >= 0.3 is 12.1 Å². The van der Waals surface area contributed by atoms with Crippen molar-refractivity contribution in [1.82, 2.24) is 4.90 Å². The van der Waals surface area contributed by atoms with Gasteiger partial charge in [0.2, 0.25) is 0 Å². The summed E-state index contributed by atoms with van der Waals surface area (Å²) in [6.07, 6.45) is -0.194. The molecule has 1 aromatic rings. The molecule has 0 aromatic heterocycles. The Bertz CT molecular complexity index is 418. The number of hydrogen-bond acceptors (Lipinski definition) is 3. The van der Waals surface area contributed by atoms with Crippen LogP contribution in [0, 0.1) is 0 Å². The first kappa shape index (κ1) is 11.4. The molecule has 5 heteroatoms. The number of carboxylic acid groups (broad SMARTS) is 1. The lowest BCUT2D eigenvalue weighted by atomic mass is 10.1. The molecule has 1 aliphatic rings. The first-order valence-electron chi connectivity index (χ1n) is 5.36. The van der Waals surface area contributed by atoms with Crippen molar-refractivity contribution in [3.8, 4) is 0 Å². The molecule has 1 N–H and O–H groups in total. The van der Waals surface area contributed by atoms with Crippen LogP contribution in [0.3, 0.4) is 0 Å². The van der Waals surface area contributed by atoms with Gasteiger partial charge in [0.25, 0.3) is 0 Å². The Morgan fingerprint density at radius 3 is 2.76 bits per heavy atom. The second-order valence-corrected chi connectivity index (χ2v) is 3.97.